The SMILES string of the molecule is CCC(CC)COc1c(Br)cc(CBr)cc1OC. The average Bonchev–Trinajstić information content (AvgIpc) is 2.40. The lowest BCUT2D eigenvalue weighted by molar-refractivity contribution is 0.229. The maximum Gasteiger partial charge on any atom is 0.175 e. The lowest BCUT2D eigenvalue weighted by atomic mass is 10.1. The number of halogens is 2. The quantitative estimate of drug-likeness (QED) is 0.608. The van der Waals surface area contributed by atoms with Crippen LogP contribution >= 0.6 is 31.9 Å². The Bertz CT molecular complexity index is 376. The minimum Gasteiger partial charge on any atom is -0.493 e. The number of ether oxygens (including phenoxy) is 2. The van der Waals surface area contributed by atoms with Crippen LogP contribution in [0.5, 0.6) is 11.5 Å². The second-order valence-electron chi connectivity index (χ2n) is 4.24. The second-order valence-corrected chi connectivity index (χ2v) is 5.65. The van der Waals surface area contributed by atoms with Crippen molar-refractivity contribution in [3.05, 3.63) is 22.2 Å². The molecule has 0 fully saturated rings. The van der Waals surface area contributed by atoms with Gasteiger partial charge in [-0.05, 0) is 39.5 Å². The van der Waals surface area contributed by atoms with Gasteiger partial charge in [0.05, 0.1) is 18.2 Å². The van der Waals surface area contributed by atoms with Crippen LogP contribution in [0.15, 0.2) is 16.6 Å². The van der Waals surface area contributed by atoms with Gasteiger partial charge < -0.3 is 9.47 Å². The van der Waals surface area contributed by atoms with Crippen LogP contribution < -0.4 is 9.47 Å². The first-order valence-corrected chi connectivity index (χ1v) is 8.12. The fourth-order valence-corrected chi connectivity index (χ4v) is 2.64. The van der Waals surface area contributed by atoms with Gasteiger partial charge in [0.2, 0.25) is 0 Å². The highest BCUT2D eigenvalue weighted by Gasteiger charge is 2.13. The highest BCUT2D eigenvalue weighted by Crippen LogP contribution is 2.37. The molecule has 1 aromatic carbocycles. The summed E-state index contributed by atoms with van der Waals surface area (Å²) in [6, 6.07) is 4.06. The maximum atomic E-state index is 5.92. The van der Waals surface area contributed by atoms with E-state index in [2.05, 4.69) is 51.8 Å². The van der Waals surface area contributed by atoms with Crippen LogP contribution in [-0.4, -0.2) is 13.7 Å². The summed E-state index contributed by atoms with van der Waals surface area (Å²) in [4.78, 5) is 0. The summed E-state index contributed by atoms with van der Waals surface area (Å²) >= 11 is 6.99. The van der Waals surface area contributed by atoms with Crippen LogP contribution in [0.1, 0.15) is 32.3 Å². The van der Waals surface area contributed by atoms with Crippen LogP contribution in [0, 0.1) is 5.92 Å². The Labute approximate surface area is 126 Å². The van der Waals surface area contributed by atoms with Crippen molar-refractivity contribution in [2.45, 2.75) is 32.0 Å². The Morgan fingerprint density at radius 3 is 2.39 bits per heavy atom. The molecule has 2 nitrogen and oxygen atoms in total. The van der Waals surface area contributed by atoms with E-state index in [1.165, 1.54) is 0 Å². The van der Waals surface area contributed by atoms with Gasteiger partial charge >= 0.3 is 0 Å². The van der Waals surface area contributed by atoms with Crippen molar-refractivity contribution < 1.29 is 9.47 Å². The van der Waals surface area contributed by atoms with Crippen LogP contribution in [-0.2, 0) is 5.33 Å². The monoisotopic (exact) mass is 378 g/mol. The van der Waals surface area contributed by atoms with Gasteiger partial charge in [-0.3, -0.25) is 0 Å². The highest BCUT2D eigenvalue weighted by atomic mass is 79.9. The topological polar surface area (TPSA) is 18.5 Å². The molecular formula is C14H20Br2O2. The first-order chi connectivity index (χ1) is 8.65. The molecule has 0 radical (unpaired) electrons. The van der Waals surface area contributed by atoms with Crippen molar-refractivity contribution in [1.82, 2.24) is 0 Å². The Morgan fingerprint density at radius 1 is 1.22 bits per heavy atom. The number of methoxy groups -OCH3 is 1. The fraction of sp³-hybridized carbons (Fsp3) is 0.571. The molecule has 102 valence electrons. The molecule has 0 atom stereocenters. The average molecular weight is 380 g/mol. The molecule has 0 aliphatic rings. The van der Waals surface area contributed by atoms with Crippen LogP contribution in [0.3, 0.4) is 0 Å². The smallest absolute Gasteiger partial charge is 0.175 e. The standard InChI is InChI=1S/C14H20Br2O2/c1-4-10(5-2)9-18-14-12(16)6-11(8-15)7-13(14)17-3/h6-7,10H,4-5,8-9H2,1-3H3. The minimum absolute atomic E-state index is 0.595. The van der Waals surface area contributed by atoms with Crippen molar-refractivity contribution in [2.75, 3.05) is 13.7 Å². The molecular weight excluding hydrogens is 360 g/mol. The van der Waals surface area contributed by atoms with E-state index >= 15 is 0 Å². The Hall–Kier alpha value is -0.220. The van der Waals surface area contributed by atoms with Crippen LogP contribution in [0.4, 0.5) is 0 Å². The van der Waals surface area contributed by atoms with Gasteiger partial charge in [-0.25, -0.2) is 0 Å². The van der Waals surface area contributed by atoms with Gasteiger partial charge in [0.15, 0.2) is 11.5 Å². The van der Waals surface area contributed by atoms with Gasteiger partial charge in [-0.15, -0.1) is 0 Å². The molecule has 0 amide bonds. The van der Waals surface area contributed by atoms with Gasteiger partial charge in [-0.1, -0.05) is 42.6 Å². The zero-order chi connectivity index (χ0) is 13.5. The van der Waals surface area contributed by atoms with Gasteiger partial charge in [0.1, 0.15) is 0 Å². The summed E-state index contributed by atoms with van der Waals surface area (Å²) < 4.78 is 12.3. The van der Waals surface area contributed by atoms with Gasteiger partial charge in [0, 0.05) is 5.33 Å². The first kappa shape index (κ1) is 15.8. The predicted octanol–water partition coefficient (Wildman–Crippen LogP) is 5.17. The first-order valence-electron chi connectivity index (χ1n) is 6.21. The number of rotatable bonds is 7. The lowest BCUT2D eigenvalue weighted by Crippen LogP contribution is -2.11. The molecule has 0 aliphatic heterocycles. The van der Waals surface area contributed by atoms with Crippen LogP contribution in [0.25, 0.3) is 0 Å². The largest absolute Gasteiger partial charge is 0.493 e. The van der Waals surface area contributed by atoms with E-state index in [0.29, 0.717) is 5.92 Å². The molecule has 1 aromatic rings. The molecule has 0 aromatic heterocycles. The zero-order valence-corrected chi connectivity index (χ0v) is 14.3. The normalized spacial score (nSPS) is 10.8. The molecule has 0 N–H and O–H groups in total. The van der Waals surface area contributed by atoms with E-state index in [0.717, 1.165) is 46.3 Å². The molecule has 4 heteroatoms. The van der Waals surface area contributed by atoms with Crippen LogP contribution in [0.2, 0.25) is 0 Å². The third-order valence-electron chi connectivity index (χ3n) is 3.06. The van der Waals surface area contributed by atoms with E-state index in [1.54, 1.807) is 7.11 Å². The maximum absolute atomic E-state index is 5.92. The fourth-order valence-electron chi connectivity index (χ4n) is 1.72. The molecule has 0 unspecified atom stereocenters. The molecule has 0 saturated carbocycles. The highest BCUT2D eigenvalue weighted by molar-refractivity contribution is 9.10. The molecule has 1 rings (SSSR count). The van der Waals surface area contributed by atoms with Crippen molar-refractivity contribution in [3.8, 4) is 11.5 Å². The third-order valence-corrected chi connectivity index (χ3v) is 4.30. The van der Waals surface area contributed by atoms with Gasteiger partial charge in [0.25, 0.3) is 0 Å². The van der Waals surface area contributed by atoms with E-state index in [9.17, 15) is 0 Å². The number of alkyl halides is 1. The third kappa shape index (κ3) is 4.16. The van der Waals surface area contributed by atoms with Crippen molar-refractivity contribution in [3.63, 3.8) is 0 Å². The Kier molecular flexibility index (Phi) is 7.08. The summed E-state index contributed by atoms with van der Waals surface area (Å²) in [6.45, 7) is 5.12. The summed E-state index contributed by atoms with van der Waals surface area (Å²) in [5.74, 6) is 2.18. The van der Waals surface area contributed by atoms with E-state index < -0.39 is 0 Å². The summed E-state index contributed by atoms with van der Waals surface area (Å²) in [5, 5.41) is 0.800. The van der Waals surface area contributed by atoms with Crippen molar-refractivity contribution >= 4 is 31.9 Å². The molecule has 0 bridgehead atoms. The van der Waals surface area contributed by atoms with E-state index in [4.69, 9.17) is 9.47 Å². The molecule has 0 saturated heterocycles. The summed E-state index contributed by atoms with van der Waals surface area (Å²) in [7, 11) is 1.67. The number of hydrogen-bond donors (Lipinski definition) is 0. The number of benzene rings is 1. The number of hydrogen-bond acceptors (Lipinski definition) is 2. The molecule has 0 spiro atoms. The molecule has 0 aliphatic carbocycles. The predicted molar refractivity (Wildman–Crippen MR) is 82.9 cm³/mol. The van der Waals surface area contributed by atoms with E-state index in [1.807, 2.05) is 6.07 Å². The molecule has 18 heavy (non-hydrogen) atoms. The van der Waals surface area contributed by atoms with Crippen molar-refractivity contribution in [1.29, 1.82) is 0 Å². The Balaban J connectivity index is 2.87. The zero-order valence-electron chi connectivity index (χ0n) is 11.1. The Morgan fingerprint density at radius 2 is 1.89 bits per heavy atom. The second kappa shape index (κ2) is 8.05. The van der Waals surface area contributed by atoms with Crippen molar-refractivity contribution in [2.24, 2.45) is 5.92 Å². The van der Waals surface area contributed by atoms with Gasteiger partial charge in [-0.2, -0.15) is 0 Å². The molecule has 0 heterocycles. The minimum atomic E-state index is 0.595. The summed E-state index contributed by atoms with van der Waals surface area (Å²) in [5.41, 5.74) is 1.16. The lowest BCUT2D eigenvalue weighted by Gasteiger charge is -2.17. The summed E-state index contributed by atoms with van der Waals surface area (Å²) in [6.07, 6.45) is 2.27. The van der Waals surface area contributed by atoms with E-state index in [-0.39, 0.29) is 0 Å².